The monoisotopic (exact) mass is 353 g/mol. The minimum atomic E-state index is 0.323. The van der Waals surface area contributed by atoms with Gasteiger partial charge in [0.25, 0.3) is 0 Å². The Balaban J connectivity index is 3.22. The van der Waals surface area contributed by atoms with Gasteiger partial charge in [-0.15, -0.1) is 0 Å². The second-order valence-corrected chi connectivity index (χ2v) is 7.96. The van der Waals surface area contributed by atoms with Gasteiger partial charge in [0.05, 0.1) is 0 Å². The van der Waals surface area contributed by atoms with Crippen molar-refractivity contribution in [2.75, 3.05) is 7.05 Å². The van der Waals surface area contributed by atoms with Gasteiger partial charge >= 0.3 is 0 Å². The van der Waals surface area contributed by atoms with Crippen LogP contribution in [-0.2, 0) is 4.79 Å². The standard InChI is InChI=1S/C23H47NO/c1-5-7-8-9-10-11-12-13-14-15-16-17-18-19-20-21-23(25)24(4)22(3)6-2/h22H,5-21H2,1-4H3. The molecule has 0 rings (SSSR count). The van der Waals surface area contributed by atoms with Crippen molar-refractivity contribution in [3.05, 3.63) is 0 Å². The van der Waals surface area contributed by atoms with Crippen LogP contribution in [0, 0.1) is 0 Å². The van der Waals surface area contributed by atoms with Crippen molar-refractivity contribution < 1.29 is 4.79 Å². The zero-order chi connectivity index (χ0) is 18.8. The number of hydrogen-bond donors (Lipinski definition) is 0. The number of nitrogens with zero attached hydrogens (tertiary/aromatic N) is 1. The first kappa shape index (κ1) is 24.5. The maximum Gasteiger partial charge on any atom is 0.222 e. The molecule has 0 saturated carbocycles. The van der Waals surface area contributed by atoms with E-state index in [-0.39, 0.29) is 0 Å². The number of carbonyl (C=O) groups excluding carboxylic acids is 1. The van der Waals surface area contributed by atoms with Crippen LogP contribution in [0.1, 0.15) is 130 Å². The van der Waals surface area contributed by atoms with Crippen molar-refractivity contribution in [1.29, 1.82) is 0 Å². The number of hydrogen-bond acceptors (Lipinski definition) is 1. The first-order chi connectivity index (χ1) is 12.1. The van der Waals surface area contributed by atoms with Gasteiger partial charge < -0.3 is 4.90 Å². The van der Waals surface area contributed by atoms with Crippen molar-refractivity contribution in [2.24, 2.45) is 0 Å². The number of carbonyl (C=O) groups is 1. The van der Waals surface area contributed by atoms with Gasteiger partial charge in [0, 0.05) is 19.5 Å². The van der Waals surface area contributed by atoms with Gasteiger partial charge in [-0.05, 0) is 19.8 Å². The molecular weight excluding hydrogens is 306 g/mol. The maximum atomic E-state index is 12.0. The third-order valence-electron chi connectivity index (χ3n) is 5.64. The molecule has 0 aromatic rings. The van der Waals surface area contributed by atoms with Gasteiger partial charge in [0.1, 0.15) is 0 Å². The van der Waals surface area contributed by atoms with Gasteiger partial charge in [0.15, 0.2) is 0 Å². The van der Waals surface area contributed by atoms with Crippen LogP contribution in [0.15, 0.2) is 0 Å². The van der Waals surface area contributed by atoms with Crippen LogP contribution >= 0.6 is 0 Å². The minimum absolute atomic E-state index is 0.323. The molecule has 1 unspecified atom stereocenters. The third kappa shape index (κ3) is 15.4. The fourth-order valence-electron chi connectivity index (χ4n) is 3.34. The fourth-order valence-corrected chi connectivity index (χ4v) is 3.34. The molecule has 0 radical (unpaired) electrons. The Kier molecular flexibility index (Phi) is 17.9. The van der Waals surface area contributed by atoms with E-state index >= 15 is 0 Å². The molecule has 0 fully saturated rings. The predicted molar refractivity (Wildman–Crippen MR) is 112 cm³/mol. The van der Waals surface area contributed by atoms with Crippen molar-refractivity contribution >= 4 is 5.91 Å². The summed E-state index contributed by atoms with van der Waals surface area (Å²) < 4.78 is 0. The highest BCUT2D eigenvalue weighted by Gasteiger charge is 2.12. The summed E-state index contributed by atoms with van der Waals surface area (Å²) >= 11 is 0. The zero-order valence-corrected chi connectivity index (χ0v) is 18.0. The van der Waals surface area contributed by atoms with Crippen LogP contribution < -0.4 is 0 Å². The molecule has 0 aromatic carbocycles. The summed E-state index contributed by atoms with van der Waals surface area (Å²) in [5, 5.41) is 0. The summed E-state index contributed by atoms with van der Waals surface area (Å²) in [6, 6.07) is 0.379. The SMILES string of the molecule is CCCCCCCCCCCCCCCCCC(=O)N(C)C(C)CC. The lowest BCUT2D eigenvalue weighted by Gasteiger charge is -2.23. The Labute approximate surface area is 159 Å². The Morgan fingerprint density at radius 3 is 1.40 bits per heavy atom. The van der Waals surface area contributed by atoms with E-state index in [4.69, 9.17) is 0 Å². The lowest BCUT2D eigenvalue weighted by atomic mass is 10.0. The molecule has 2 nitrogen and oxygen atoms in total. The van der Waals surface area contributed by atoms with Crippen LogP contribution in [0.25, 0.3) is 0 Å². The second kappa shape index (κ2) is 18.3. The Morgan fingerprint density at radius 1 is 0.680 bits per heavy atom. The summed E-state index contributed by atoms with van der Waals surface area (Å²) in [5.41, 5.74) is 0. The molecule has 0 aliphatic carbocycles. The largest absolute Gasteiger partial charge is 0.343 e. The van der Waals surface area contributed by atoms with E-state index in [2.05, 4.69) is 20.8 Å². The van der Waals surface area contributed by atoms with E-state index in [1.54, 1.807) is 0 Å². The highest BCUT2D eigenvalue weighted by atomic mass is 16.2. The highest BCUT2D eigenvalue weighted by Crippen LogP contribution is 2.14. The van der Waals surface area contributed by atoms with Crippen LogP contribution in [-0.4, -0.2) is 23.9 Å². The van der Waals surface area contributed by atoms with Gasteiger partial charge in [-0.25, -0.2) is 0 Å². The number of rotatable bonds is 18. The van der Waals surface area contributed by atoms with E-state index in [1.165, 1.54) is 89.9 Å². The molecule has 0 heterocycles. The quantitative estimate of drug-likeness (QED) is 0.233. The van der Waals surface area contributed by atoms with E-state index in [0.29, 0.717) is 11.9 Å². The number of amides is 1. The molecule has 25 heavy (non-hydrogen) atoms. The highest BCUT2D eigenvalue weighted by molar-refractivity contribution is 5.76. The molecule has 150 valence electrons. The van der Waals surface area contributed by atoms with E-state index in [9.17, 15) is 4.79 Å². The Morgan fingerprint density at radius 2 is 1.04 bits per heavy atom. The molecule has 0 N–H and O–H groups in total. The van der Waals surface area contributed by atoms with E-state index in [0.717, 1.165) is 19.3 Å². The average molecular weight is 354 g/mol. The molecular formula is C23H47NO. The van der Waals surface area contributed by atoms with Crippen LogP contribution in [0.2, 0.25) is 0 Å². The smallest absolute Gasteiger partial charge is 0.222 e. The summed E-state index contributed by atoms with van der Waals surface area (Å²) in [6.07, 6.45) is 22.4. The molecule has 1 atom stereocenters. The third-order valence-corrected chi connectivity index (χ3v) is 5.64. The molecule has 0 aliphatic heterocycles. The fraction of sp³-hybridized carbons (Fsp3) is 0.957. The van der Waals surface area contributed by atoms with Crippen molar-refractivity contribution in [2.45, 2.75) is 136 Å². The summed E-state index contributed by atoms with van der Waals surface area (Å²) in [5.74, 6) is 0.323. The normalized spacial score (nSPS) is 12.3. The summed E-state index contributed by atoms with van der Waals surface area (Å²) in [6.45, 7) is 6.55. The molecule has 0 bridgehead atoms. The van der Waals surface area contributed by atoms with Crippen molar-refractivity contribution in [3.8, 4) is 0 Å². The molecule has 0 aromatic heterocycles. The molecule has 0 spiro atoms. The van der Waals surface area contributed by atoms with Gasteiger partial charge in [0.2, 0.25) is 5.91 Å². The zero-order valence-electron chi connectivity index (χ0n) is 18.0. The Bertz CT molecular complexity index is 290. The molecule has 2 heteroatoms. The topological polar surface area (TPSA) is 20.3 Å². The van der Waals surface area contributed by atoms with Crippen molar-refractivity contribution in [3.63, 3.8) is 0 Å². The lowest BCUT2D eigenvalue weighted by molar-refractivity contribution is -0.131. The van der Waals surface area contributed by atoms with Gasteiger partial charge in [-0.3, -0.25) is 4.79 Å². The van der Waals surface area contributed by atoms with Crippen LogP contribution in [0.4, 0.5) is 0 Å². The van der Waals surface area contributed by atoms with E-state index < -0.39 is 0 Å². The van der Waals surface area contributed by atoms with Gasteiger partial charge in [-0.1, -0.05) is 104 Å². The first-order valence-electron chi connectivity index (χ1n) is 11.4. The van der Waals surface area contributed by atoms with Gasteiger partial charge in [-0.2, -0.15) is 0 Å². The Hall–Kier alpha value is -0.530. The molecule has 1 amide bonds. The van der Waals surface area contributed by atoms with Crippen LogP contribution in [0.3, 0.4) is 0 Å². The first-order valence-corrected chi connectivity index (χ1v) is 11.4. The van der Waals surface area contributed by atoms with Crippen molar-refractivity contribution in [1.82, 2.24) is 4.90 Å². The number of unbranched alkanes of at least 4 members (excludes halogenated alkanes) is 14. The van der Waals surface area contributed by atoms with E-state index in [1.807, 2.05) is 11.9 Å². The average Bonchev–Trinajstić information content (AvgIpc) is 2.63. The maximum absolute atomic E-state index is 12.0. The lowest BCUT2D eigenvalue weighted by Crippen LogP contribution is -2.34. The predicted octanol–water partition coefficient (Wildman–Crippen LogP) is 7.50. The summed E-state index contributed by atoms with van der Waals surface area (Å²) in [4.78, 5) is 13.9. The minimum Gasteiger partial charge on any atom is -0.343 e. The molecule has 0 saturated heterocycles. The summed E-state index contributed by atoms with van der Waals surface area (Å²) in [7, 11) is 1.95. The van der Waals surface area contributed by atoms with Crippen LogP contribution in [0.5, 0.6) is 0 Å². The second-order valence-electron chi connectivity index (χ2n) is 7.96. The molecule has 0 aliphatic rings.